The molecule has 2 aromatic carbocycles. The number of nitrogens with zero attached hydrogens (tertiary/aromatic N) is 2. The fourth-order valence-electron chi connectivity index (χ4n) is 6.90. The van der Waals surface area contributed by atoms with Crippen molar-refractivity contribution in [3.63, 3.8) is 0 Å². The van der Waals surface area contributed by atoms with Gasteiger partial charge in [0.05, 0.1) is 30.5 Å². The summed E-state index contributed by atoms with van der Waals surface area (Å²) in [6.45, 7) is 10.9. The molecule has 8 nitrogen and oxygen atoms in total. The molecule has 0 bridgehead atoms. The van der Waals surface area contributed by atoms with E-state index in [4.69, 9.17) is 19.7 Å². The first-order valence-corrected chi connectivity index (χ1v) is 16.2. The number of carbonyl (C=O) groups excluding carboxylic acids is 1. The lowest BCUT2D eigenvalue weighted by Gasteiger charge is -2.41. The molecule has 254 valence electrons. The summed E-state index contributed by atoms with van der Waals surface area (Å²) in [4.78, 5) is 31.0. The van der Waals surface area contributed by atoms with E-state index >= 15 is 0 Å². The van der Waals surface area contributed by atoms with Gasteiger partial charge in [-0.2, -0.15) is 0 Å². The van der Waals surface area contributed by atoms with Crippen LogP contribution >= 0.6 is 0 Å². The highest BCUT2D eigenvalue weighted by atomic mass is 16.7. The standard InChI is InChI=1S/C38H56N2O6/c1-11-13-25(3)21-39(22-26(4)14-12-2)32(41)23-40-24-37(8,30-19-20-31-33(27(30)5)46-36(6,7)45-31)38(9,35(42)43)34(40)28-15-17-29(44-10)18-16-28/h15-20,25-26,34H,11-14,21-24H2,1-10H3,(H,42,43)/t25?,26?,34-,37+,38+/m0/s1/i10D3,11D,22D,24D2,34D/t11?,22?,25?,26?,34-,37+,38+. The predicted molar refractivity (Wildman–Crippen MR) is 182 cm³/mol. The fraction of sp³-hybridized carbons (Fsp3) is 0.632. The Labute approximate surface area is 287 Å². The van der Waals surface area contributed by atoms with E-state index in [9.17, 15) is 20.2 Å². The largest absolute Gasteiger partial charge is 0.497 e. The van der Waals surface area contributed by atoms with Crippen LogP contribution in [0.25, 0.3) is 0 Å². The molecule has 0 spiro atoms. The van der Waals surface area contributed by atoms with Crippen LogP contribution in [0.3, 0.4) is 0 Å². The third kappa shape index (κ3) is 6.73. The molecule has 0 saturated carbocycles. The van der Waals surface area contributed by atoms with Gasteiger partial charge in [0.1, 0.15) is 5.75 Å². The molecule has 4 rings (SSSR count). The van der Waals surface area contributed by atoms with E-state index in [1.54, 1.807) is 39.8 Å². The second kappa shape index (κ2) is 13.8. The molecule has 1 amide bonds. The molecule has 0 radical (unpaired) electrons. The van der Waals surface area contributed by atoms with E-state index in [0.29, 0.717) is 29.9 Å². The van der Waals surface area contributed by atoms with Gasteiger partial charge in [0.25, 0.3) is 0 Å². The fourth-order valence-corrected chi connectivity index (χ4v) is 6.90. The number of rotatable bonds is 14. The average Bonchev–Trinajstić information content (AvgIpc) is 3.42. The summed E-state index contributed by atoms with van der Waals surface area (Å²) < 4.78 is 87.2. The third-order valence-corrected chi connectivity index (χ3v) is 9.33. The normalized spacial score (nSPS) is 31.8. The molecule has 0 aromatic heterocycles. The molecule has 2 aliphatic heterocycles. The monoisotopic (exact) mass is 644 g/mol. The lowest BCUT2D eigenvalue weighted by Crippen LogP contribution is -2.48. The Bertz CT molecular complexity index is 1710. The first-order valence-electron chi connectivity index (χ1n) is 20.3. The number of benzene rings is 2. The Morgan fingerprint density at radius 2 is 1.83 bits per heavy atom. The number of likely N-dealkylation sites (tertiary alicyclic amines) is 1. The number of ether oxygens (including phenoxy) is 3. The van der Waals surface area contributed by atoms with Gasteiger partial charge >= 0.3 is 5.97 Å². The van der Waals surface area contributed by atoms with E-state index in [2.05, 4.69) is 0 Å². The first kappa shape index (κ1) is 25.8. The summed E-state index contributed by atoms with van der Waals surface area (Å²) in [6.07, 6.45) is 1.44. The van der Waals surface area contributed by atoms with Gasteiger partial charge in [-0.05, 0) is 73.4 Å². The molecule has 8 heteroatoms. The Hall–Kier alpha value is -3.26. The molecule has 1 saturated heterocycles. The van der Waals surface area contributed by atoms with Gasteiger partial charge in [-0.3, -0.25) is 14.5 Å². The topological polar surface area (TPSA) is 88.5 Å². The van der Waals surface area contributed by atoms with Crippen molar-refractivity contribution in [3.8, 4) is 17.2 Å². The Balaban J connectivity index is 1.99. The van der Waals surface area contributed by atoms with Crippen LogP contribution in [0.5, 0.6) is 17.2 Å². The lowest BCUT2D eigenvalue weighted by atomic mass is 9.59. The van der Waals surface area contributed by atoms with E-state index in [1.165, 1.54) is 43.0 Å². The minimum atomic E-state index is -2.79. The highest BCUT2D eigenvalue weighted by Gasteiger charge is 2.64. The van der Waals surface area contributed by atoms with Gasteiger partial charge in [-0.1, -0.05) is 65.6 Å². The molecular formula is C38H56N2O6. The van der Waals surface area contributed by atoms with Crippen LogP contribution in [0, 0.1) is 24.2 Å². The second-order valence-electron chi connectivity index (χ2n) is 13.6. The molecule has 1 N–H and O–H groups in total. The van der Waals surface area contributed by atoms with Crippen LogP contribution in [-0.4, -0.2) is 65.7 Å². The Morgan fingerprint density at radius 1 is 1.13 bits per heavy atom. The maximum atomic E-state index is 14.7. The van der Waals surface area contributed by atoms with Gasteiger partial charge in [-0.25, -0.2) is 0 Å². The molecule has 0 aliphatic carbocycles. The zero-order valence-electron chi connectivity index (χ0n) is 36.7. The maximum Gasteiger partial charge on any atom is 0.312 e. The molecule has 2 heterocycles. The molecule has 1 fully saturated rings. The van der Waals surface area contributed by atoms with Crippen molar-refractivity contribution in [2.24, 2.45) is 17.3 Å². The number of carbonyl (C=O) groups is 2. The van der Waals surface area contributed by atoms with E-state index in [-0.39, 0.29) is 35.3 Å². The number of hydrogen-bond acceptors (Lipinski definition) is 6. The quantitative estimate of drug-likeness (QED) is 0.226. The second-order valence-corrected chi connectivity index (χ2v) is 13.6. The van der Waals surface area contributed by atoms with Gasteiger partial charge in [0.15, 0.2) is 11.5 Å². The number of carboxylic acids is 1. The number of carboxylic acid groups (broad SMARTS) is 1. The van der Waals surface area contributed by atoms with Crippen LogP contribution in [0.4, 0.5) is 0 Å². The molecule has 2 aliphatic rings. The summed E-state index contributed by atoms with van der Waals surface area (Å²) in [5, 5.41) is 11.3. The summed E-state index contributed by atoms with van der Waals surface area (Å²) in [7, 11) is -2.79. The van der Waals surface area contributed by atoms with Crippen LogP contribution in [0.15, 0.2) is 36.4 Å². The number of amides is 1. The highest BCUT2D eigenvalue weighted by molar-refractivity contribution is 5.82. The van der Waals surface area contributed by atoms with Crippen molar-refractivity contribution in [2.45, 2.75) is 105 Å². The van der Waals surface area contributed by atoms with Crippen molar-refractivity contribution >= 4 is 11.9 Å². The van der Waals surface area contributed by atoms with Crippen LogP contribution < -0.4 is 14.2 Å². The Kier molecular flexibility index (Phi) is 7.76. The molecular weight excluding hydrogens is 580 g/mol. The summed E-state index contributed by atoms with van der Waals surface area (Å²) in [5.74, 6) is -3.03. The number of hydrogen-bond donors (Lipinski definition) is 1. The van der Waals surface area contributed by atoms with Gasteiger partial charge in [0, 0.05) is 44.3 Å². The maximum absolute atomic E-state index is 14.7. The summed E-state index contributed by atoms with van der Waals surface area (Å²) in [6, 6.07) is 5.87. The zero-order valence-corrected chi connectivity index (χ0v) is 28.7. The smallest absolute Gasteiger partial charge is 0.312 e. The molecule has 46 heavy (non-hydrogen) atoms. The Morgan fingerprint density at radius 3 is 2.43 bits per heavy atom. The van der Waals surface area contributed by atoms with Crippen LogP contribution in [0.1, 0.15) is 115 Å². The van der Waals surface area contributed by atoms with Gasteiger partial charge in [-0.15, -0.1) is 0 Å². The van der Waals surface area contributed by atoms with Crippen LogP contribution in [0.2, 0.25) is 0 Å². The van der Waals surface area contributed by atoms with E-state index in [0.717, 1.165) is 11.3 Å². The SMILES string of the molecule is [2H]C(C)CC(C)CN(C(=O)CN1C([2H])([2H])[C@](C)(c2ccc3c(c2C)OC(C)(C)O3)[C@@](C)(C(=O)O)[C@]1([2H])c1ccc(OC([2H])([2H])[2H])cc1)C([2H])C(C)CCC. The molecule has 4 unspecified atom stereocenters. The highest BCUT2D eigenvalue weighted by Crippen LogP contribution is 2.60. The molecule has 7 atom stereocenters. The minimum absolute atomic E-state index is 0.0186. The lowest BCUT2D eigenvalue weighted by molar-refractivity contribution is -0.153. The van der Waals surface area contributed by atoms with Crippen molar-refractivity contribution in [1.82, 2.24) is 9.80 Å². The average molecular weight is 645 g/mol. The van der Waals surface area contributed by atoms with Crippen molar-refractivity contribution < 1.29 is 39.9 Å². The predicted octanol–water partition coefficient (Wildman–Crippen LogP) is 7.62. The first-order chi connectivity index (χ1) is 24.7. The zero-order chi connectivity index (χ0) is 41.0. The number of fused-ring (bicyclic) bond motifs is 1. The summed E-state index contributed by atoms with van der Waals surface area (Å²) >= 11 is 0. The molecule has 2 aromatic rings. The van der Waals surface area contributed by atoms with Crippen LogP contribution in [-0.2, 0) is 15.0 Å². The van der Waals surface area contributed by atoms with Crippen molar-refractivity contribution in [1.29, 1.82) is 0 Å². The van der Waals surface area contributed by atoms with Crippen molar-refractivity contribution in [3.05, 3.63) is 53.1 Å². The number of aliphatic carboxylic acids is 1. The van der Waals surface area contributed by atoms with Crippen molar-refractivity contribution in [2.75, 3.05) is 33.1 Å². The number of methoxy groups -OCH3 is 1. The summed E-state index contributed by atoms with van der Waals surface area (Å²) in [5.41, 5.74) is -3.79. The minimum Gasteiger partial charge on any atom is -0.497 e. The van der Waals surface area contributed by atoms with Gasteiger partial charge < -0.3 is 24.2 Å². The third-order valence-electron chi connectivity index (χ3n) is 9.33. The van der Waals surface area contributed by atoms with E-state index in [1.807, 2.05) is 20.8 Å². The van der Waals surface area contributed by atoms with E-state index < -0.39 is 67.5 Å². The van der Waals surface area contributed by atoms with Gasteiger partial charge in [0.2, 0.25) is 11.7 Å².